The zero-order valence-corrected chi connectivity index (χ0v) is 12.2. The van der Waals surface area contributed by atoms with Crippen LogP contribution in [0.3, 0.4) is 0 Å². The molecule has 0 aliphatic rings. The predicted octanol–water partition coefficient (Wildman–Crippen LogP) is 2.36. The molecule has 3 N–H and O–H groups in total. The first kappa shape index (κ1) is 15.3. The van der Waals surface area contributed by atoms with Gasteiger partial charge < -0.3 is 10.5 Å². The van der Waals surface area contributed by atoms with Crippen molar-refractivity contribution in [1.29, 1.82) is 0 Å². The summed E-state index contributed by atoms with van der Waals surface area (Å²) >= 11 is 0. The SMILES string of the molecule is COCc1ccccc1NS(=O)(=O)c1cc(F)ccc1N. The molecular weight excluding hydrogens is 295 g/mol. The van der Waals surface area contributed by atoms with E-state index in [9.17, 15) is 12.8 Å². The highest BCUT2D eigenvalue weighted by Crippen LogP contribution is 2.24. The van der Waals surface area contributed by atoms with Gasteiger partial charge in [0.2, 0.25) is 0 Å². The molecule has 7 heteroatoms. The van der Waals surface area contributed by atoms with Crippen LogP contribution in [0, 0.1) is 5.82 Å². The quantitative estimate of drug-likeness (QED) is 0.831. The molecule has 0 aliphatic heterocycles. The van der Waals surface area contributed by atoms with E-state index >= 15 is 0 Å². The maximum atomic E-state index is 13.2. The second-order valence-electron chi connectivity index (χ2n) is 4.38. The summed E-state index contributed by atoms with van der Waals surface area (Å²) in [5.74, 6) is -0.672. The fourth-order valence-corrected chi connectivity index (χ4v) is 3.09. The first-order chi connectivity index (χ1) is 9.94. The van der Waals surface area contributed by atoms with Gasteiger partial charge in [-0.1, -0.05) is 18.2 Å². The lowest BCUT2D eigenvalue weighted by atomic mass is 10.2. The highest BCUT2D eigenvalue weighted by molar-refractivity contribution is 7.92. The molecule has 0 aromatic heterocycles. The van der Waals surface area contributed by atoms with Gasteiger partial charge in [0.1, 0.15) is 10.7 Å². The Bertz CT molecular complexity index is 748. The Labute approximate surface area is 122 Å². The number of nitrogen functional groups attached to an aromatic ring is 1. The maximum absolute atomic E-state index is 13.2. The van der Waals surface area contributed by atoms with E-state index in [0.29, 0.717) is 11.3 Å². The lowest BCUT2D eigenvalue weighted by Crippen LogP contribution is -2.16. The molecule has 0 aliphatic carbocycles. The first-order valence-corrected chi connectivity index (χ1v) is 7.57. The topological polar surface area (TPSA) is 81.4 Å². The van der Waals surface area contributed by atoms with Gasteiger partial charge in [0.25, 0.3) is 10.0 Å². The molecule has 0 spiro atoms. The van der Waals surface area contributed by atoms with Gasteiger partial charge in [0.05, 0.1) is 18.0 Å². The summed E-state index contributed by atoms with van der Waals surface area (Å²) in [6.45, 7) is 0.247. The third-order valence-electron chi connectivity index (χ3n) is 2.83. The summed E-state index contributed by atoms with van der Waals surface area (Å²) in [4.78, 5) is -0.297. The van der Waals surface area contributed by atoms with Crippen molar-refractivity contribution in [3.63, 3.8) is 0 Å². The molecule has 112 valence electrons. The highest BCUT2D eigenvalue weighted by atomic mass is 32.2. The predicted molar refractivity (Wildman–Crippen MR) is 78.8 cm³/mol. The van der Waals surface area contributed by atoms with Crippen LogP contribution in [0.2, 0.25) is 0 Å². The number of benzene rings is 2. The molecule has 0 saturated carbocycles. The van der Waals surface area contributed by atoms with Crippen LogP contribution < -0.4 is 10.5 Å². The number of methoxy groups -OCH3 is 1. The molecule has 2 rings (SSSR count). The van der Waals surface area contributed by atoms with E-state index < -0.39 is 15.8 Å². The number of para-hydroxylation sites is 1. The molecule has 0 bridgehead atoms. The third-order valence-corrected chi connectivity index (χ3v) is 4.25. The molecular formula is C14H15FN2O3S. The van der Waals surface area contributed by atoms with E-state index in [1.54, 1.807) is 24.3 Å². The van der Waals surface area contributed by atoms with Crippen molar-refractivity contribution in [2.75, 3.05) is 17.6 Å². The van der Waals surface area contributed by atoms with Crippen molar-refractivity contribution in [2.24, 2.45) is 0 Å². The number of ether oxygens (including phenoxy) is 1. The Kier molecular flexibility index (Phi) is 4.44. The van der Waals surface area contributed by atoms with Crippen molar-refractivity contribution in [3.8, 4) is 0 Å². The van der Waals surface area contributed by atoms with E-state index in [4.69, 9.17) is 10.5 Å². The zero-order chi connectivity index (χ0) is 15.5. The van der Waals surface area contributed by atoms with Crippen molar-refractivity contribution >= 4 is 21.4 Å². The Morgan fingerprint density at radius 1 is 1.24 bits per heavy atom. The average molecular weight is 310 g/mol. The molecule has 0 unspecified atom stereocenters. The van der Waals surface area contributed by atoms with E-state index in [1.165, 1.54) is 13.2 Å². The van der Waals surface area contributed by atoms with Crippen molar-refractivity contribution in [2.45, 2.75) is 11.5 Å². The molecule has 5 nitrogen and oxygen atoms in total. The fraction of sp³-hybridized carbons (Fsp3) is 0.143. The largest absolute Gasteiger partial charge is 0.398 e. The van der Waals surface area contributed by atoms with Crippen LogP contribution in [0.25, 0.3) is 0 Å². The number of sulfonamides is 1. The summed E-state index contributed by atoms with van der Waals surface area (Å²) in [6, 6.07) is 9.99. The molecule has 0 atom stereocenters. The Balaban J connectivity index is 2.40. The standard InChI is InChI=1S/C14H15FN2O3S/c1-20-9-10-4-2-3-5-13(10)17-21(18,19)14-8-11(15)6-7-12(14)16/h2-8,17H,9,16H2,1H3. The number of anilines is 2. The van der Waals surface area contributed by atoms with Crippen LogP contribution in [0.15, 0.2) is 47.4 Å². The fourth-order valence-electron chi connectivity index (χ4n) is 1.84. The molecule has 0 saturated heterocycles. The minimum Gasteiger partial charge on any atom is -0.398 e. The van der Waals surface area contributed by atoms with E-state index in [2.05, 4.69) is 4.72 Å². The molecule has 2 aromatic carbocycles. The lowest BCUT2D eigenvalue weighted by molar-refractivity contribution is 0.185. The van der Waals surface area contributed by atoms with Gasteiger partial charge in [-0.2, -0.15) is 0 Å². The lowest BCUT2D eigenvalue weighted by Gasteiger charge is -2.13. The number of nitrogens with one attached hydrogen (secondary N) is 1. The number of halogens is 1. The summed E-state index contributed by atoms with van der Waals surface area (Å²) < 4.78 is 45.3. The average Bonchev–Trinajstić information content (AvgIpc) is 2.43. The molecule has 0 heterocycles. The highest BCUT2D eigenvalue weighted by Gasteiger charge is 2.19. The van der Waals surface area contributed by atoms with Crippen LogP contribution >= 0.6 is 0 Å². The van der Waals surface area contributed by atoms with Gasteiger partial charge in [-0.15, -0.1) is 0 Å². The summed E-state index contributed by atoms with van der Waals surface area (Å²) in [7, 11) is -2.47. The molecule has 21 heavy (non-hydrogen) atoms. The van der Waals surface area contributed by atoms with Crippen LogP contribution in [0.1, 0.15) is 5.56 Å². The first-order valence-electron chi connectivity index (χ1n) is 6.09. The molecule has 2 aromatic rings. The second-order valence-corrected chi connectivity index (χ2v) is 6.03. The summed E-state index contributed by atoms with van der Waals surface area (Å²) in [6.07, 6.45) is 0. The number of hydrogen-bond donors (Lipinski definition) is 2. The van der Waals surface area contributed by atoms with E-state index in [1.807, 2.05) is 0 Å². The maximum Gasteiger partial charge on any atom is 0.264 e. The Hall–Kier alpha value is -2.12. The van der Waals surface area contributed by atoms with Gasteiger partial charge >= 0.3 is 0 Å². The van der Waals surface area contributed by atoms with Crippen LogP contribution in [-0.4, -0.2) is 15.5 Å². The van der Waals surface area contributed by atoms with Crippen LogP contribution in [0.4, 0.5) is 15.8 Å². The van der Waals surface area contributed by atoms with E-state index in [-0.39, 0.29) is 17.2 Å². The third kappa shape index (κ3) is 3.50. The van der Waals surface area contributed by atoms with Crippen molar-refractivity contribution in [1.82, 2.24) is 0 Å². The summed E-state index contributed by atoms with van der Waals surface area (Å²) in [5.41, 5.74) is 6.62. The van der Waals surface area contributed by atoms with Crippen LogP contribution in [0.5, 0.6) is 0 Å². The van der Waals surface area contributed by atoms with Gasteiger partial charge in [0.15, 0.2) is 0 Å². The minimum absolute atomic E-state index is 0.0203. The Morgan fingerprint density at radius 3 is 2.67 bits per heavy atom. The second kappa shape index (κ2) is 6.11. The van der Waals surface area contributed by atoms with Crippen LogP contribution in [-0.2, 0) is 21.4 Å². The van der Waals surface area contributed by atoms with Crippen molar-refractivity contribution < 1.29 is 17.5 Å². The van der Waals surface area contributed by atoms with Gasteiger partial charge in [-0.25, -0.2) is 12.8 Å². The summed E-state index contributed by atoms with van der Waals surface area (Å²) in [5, 5.41) is 0. The van der Waals surface area contributed by atoms with Gasteiger partial charge in [-0.3, -0.25) is 4.72 Å². The molecule has 0 fully saturated rings. The smallest absolute Gasteiger partial charge is 0.264 e. The Morgan fingerprint density at radius 2 is 1.95 bits per heavy atom. The molecule has 0 amide bonds. The number of nitrogens with two attached hydrogens (primary N) is 1. The molecule has 0 radical (unpaired) electrons. The number of rotatable bonds is 5. The van der Waals surface area contributed by atoms with Gasteiger partial charge in [0, 0.05) is 12.7 Å². The zero-order valence-electron chi connectivity index (χ0n) is 11.3. The van der Waals surface area contributed by atoms with Gasteiger partial charge in [-0.05, 0) is 24.3 Å². The van der Waals surface area contributed by atoms with E-state index in [0.717, 1.165) is 12.1 Å². The normalized spacial score (nSPS) is 11.3. The number of hydrogen-bond acceptors (Lipinski definition) is 4. The minimum atomic E-state index is -3.98. The monoisotopic (exact) mass is 310 g/mol. The van der Waals surface area contributed by atoms with Crippen molar-refractivity contribution in [3.05, 3.63) is 53.8 Å².